The Morgan fingerprint density at radius 2 is 1.95 bits per heavy atom. The molecule has 0 unspecified atom stereocenters. The summed E-state index contributed by atoms with van der Waals surface area (Å²) in [6.45, 7) is 4.08. The van der Waals surface area contributed by atoms with Crippen LogP contribution in [0.1, 0.15) is 12.5 Å². The number of hydrogen-bond donors (Lipinski definition) is 1. The number of likely N-dealkylation sites (N-methyl/N-ethyl adjacent to an activating group) is 1. The molecule has 0 aliphatic carbocycles. The third kappa shape index (κ3) is 2.83. The maximum Gasteiger partial charge on any atom is 0.312 e. The van der Waals surface area contributed by atoms with Gasteiger partial charge in [0.25, 0.3) is 0 Å². The lowest BCUT2D eigenvalue weighted by atomic mass is 10.2. The van der Waals surface area contributed by atoms with Crippen molar-refractivity contribution >= 4 is 17.6 Å². The number of aromatic nitrogens is 1. The van der Waals surface area contributed by atoms with Crippen molar-refractivity contribution in [2.24, 2.45) is 0 Å². The quantitative estimate of drug-likeness (QED) is 0.793. The molecule has 19 heavy (non-hydrogen) atoms. The van der Waals surface area contributed by atoms with Crippen molar-refractivity contribution in [2.45, 2.75) is 13.5 Å². The van der Waals surface area contributed by atoms with Crippen LogP contribution < -0.4 is 5.32 Å². The van der Waals surface area contributed by atoms with Gasteiger partial charge in [0, 0.05) is 39.4 Å². The lowest BCUT2D eigenvalue weighted by molar-refractivity contribution is -0.156. The molecule has 0 spiro atoms. The highest BCUT2D eigenvalue weighted by atomic mass is 16.2. The summed E-state index contributed by atoms with van der Waals surface area (Å²) in [5, 5.41) is 2.95. The Morgan fingerprint density at radius 1 is 1.26 bits per heavy atom. The van der Waals surface area contributed by atoms with E-state index in [4.69, 9.17) is 0 Å². The Labute approximate surface area is 112 Å². The van der Waals surface area contributed by atoms with Gasteiger partial charge in [-0.1, -0.05) is 0 Å². The Kier molecular flexibility index (Phi) is 3.99. The molecule has 0 saturated carbocycles. The summed E-state index contributed by atoms with van der Waals surface area (Å²) < 4.78 is 0. The molecule has 1 fully saturated rings. The van der Waals surface area contributed by atoms with Crippen LogP contribution in [0, 0.1) is 0 Å². The second kappa shape index (κ2) is 5.69. The third-order valence-electron chi connectivity index (χ3n) is 3.23. The average molecular weight is 262 g/mol. The molecule has 6 heteroatoms. The van der Waals surface area contributed by atoms with Gasteiger partial charge in [0.1, 0.15) is 5.82 Å². The molecule has 1 saturated heterocycles. The summed E-state index contributed by atoms with van der Waals surface area (Å²) in [6.07, 6.45) is 1.69. The van der Waals surface area contributed by atoms with Crippen molar-refractivity contribution in [2.75, 3.05) is 32.0 Å². The first-order valence-electron chi connectivity index (χ1n) is 6.36. The Balaban J connectivity index is 2.07. The van der Waals surface area contributed by atoms with Crippen LogP contribution in [0.5, 0.6) is 0 Å². The highest BCUT2D eigenvalue weighted by molar-refractivity contribution is 6.35. The van der Waals surface area contributed by atoms with Gasteiger partial charge < -0.3 is 15.1 Å². The largest absolute Gasteiger partial charge is 0.373 e. The summed E-state index contributed by atoms with van der Waals surface area (Å²) in [4.78, 5) is 31.0. The zero-order chi connectivity index (χ0) is 13.8. The lowest BCUT2D eigenvalue weighted by Gasteiger charge is -2.33. The van der Waals surface area contributed by atoms with Gasteiger partial charge in [-0.05, 0) is 24.6 Å². The van der Waals surface area contributed by atoms with Gasteiger partial charge in [0.2, 0.25) is 0 Å². The van der Waals surface area contributed by atoms with Crippen LogP contribution in [0.25, 0.3) is 0 Å². The van der Waals surface area contributed by atoms with E-state index in [0.717, 1.165) is 11.4 Å². The van der Waals surface area contributed by atoms with Crippen LogP contribution in [0.2, 0.25) is 0 Å². The fourth-order valence-electron chi connectivity index (χ4n) is 2.10. The smallest absolute Gasteiger partial charge is 0.312 e. The van der Waals surface area contributed by atoms with E-state index in [-0.39, 0.29) is 0 Å². The summed E-state index contributed by atoms with van der Waals surface area (Å²) in [6, 6.07) is 3.73. The molecule has 2 amide bonds. The lowest BCUT2D eigenvalue weighted by Crippen LogP contribution is -2.53. The van der Waals surface area contributed by atoms with Gasteiger partial charge in [0.15, 0.2) is 0 Å². The van der Waals surface area contributed by atoms with Crippen molar-refractivity contribution < 1.29 is 9.59 Å². The first-order valence-corrected chi connectivity index (χ1v) is 6.36. The summed E-state index contributed by atoms with van der Waals surface area (Å²) >= 11 is 0. The molecule has 102 valence electrons. The number of piperazine rings is 1. The van der Waals surface area contributed by atoms with Crippen LogP contribution in [0.4, 0.5) is 5.82 Å². The monoisotopic (exact) mass is 262 g/mol. The third-order valence-corrected chi connectivity index (χ3v) is 3.23. The number of nitrogens with one attached hydrogen (secondary N) is 1. The maximum atomic E-state index is 12.0. The summed E-state index contributed by atoms with van der Waals surface area (Å²) in [5.74, 6) is -0.0731. The molecule has 1 aliphatic rings. The van der Waals surface area contributed by atoms with E-state index in [1.165, 1.54) is 0 Å². The van der Waals surface area contributed by atoms with Crippen molar-refractivity contribution in [1.82, 2.24) is 14.8 Å². The van der Waals surface area contributed by atoms with Crippen molar-refractivity contribution in [3.05, 3.63) is 23.9 Å². The summed E-state index contributed by atoms with van der Waals surface area (Å²) in [5.41, 5.74) is 0.963. The van der Waals surface area contributed by atoms with E-state index >= 15 is 0 Å². The molecule has 0 bridgehead atoms. The van der Waals surface area contributed by atoms with Gasteiger partial charge in [-0.15, -0.1) is 0 Å². The maximum absolute atomic E-state index is 12.0. The Bertz CT molecular complexity index is 489. The van der Waals surface area contributed by atoms with Crippen molar-refractivity contribution in [3.63, 3.8) is 0 Å². The van der Waals surface area contributed by atoms with Crippen molar-refractivity contribution in [3.8, 4) is 0 Å². The van der Waals surface area contributed by atoms with Gasteiger partial charge in [-0.3, -0.25) is 9.59 Å². The highest BCUT2D eigenvalue weighted by Crippen LogP contribution is 2.12. The molecule has 0 aromatic carbocycles. The molecule has 6 nitrogen and oxygen atoms in total. The van der Waals surface area contributed by atoms with Crippen LogP contribution >= 0.6 is 0 Å². The van der Waals surface area contributed by atoms with Gasteiger partial charge in [-0.25, -0.2) is 4.98 Å². The molecule has 1 aromatic heterocycles. The van der Waals surface area contributed by atoms with E-state index in [1.807, 2.05) is 19.1 Å². The average Bonchev–Trinajstić information content (AvgIpc) is 2.44. The second-order valence-electron chi connectivity index (χ2n) is 4.41. The first-order chi connectivity index (χ1) is 9.15. The Morgan fingerprint density at radius 3 is 2.63 bits per heavy atom. The number of carbonyl (C=O) groups is 2. The van der Waals surface area contributed by atoms with Gasteiger partial charge in [0.05, 0.1) is 0 Å². The minimum atomic E-state index is -0.420. The zero-order valence-electron chi connectivity index (χ0n) is 11.2. The van der Waals surface area contributed by atoms with E-state index < -0.39 is 11.8 Å². The number of amides is 2. The fourth-order valence-corrected chi connectivity index (χ4v) is 2.10. The molecule has 1 aliphatic heterocycles. The van der Waals surface area contributed by atoms with Crippen LogP contribution in [-0.4, -0.2) is 53.3 Å². The van der Waals surface area contributed by atoms with E-state index in [2.05, 4.69) is 10.3 Å². The van der Waals surface area contributed by atoms with Crippen LogP contribution in [-0.2, 0) is 16.1 Å². The molecule has 1 aromatic rings. The topological polar surface area (TPSA) is 65.5 Å². The van der Waals surface area contributed by atoms with Gasteiger partial charge in [-0.2, -0.15) is 0 Å². The molecule has 2 rings (SSSR count). The fraction of sp³-hybridized carbons (Fsp3) is 0.462. The highest BCUT2D eigenvalue weighted by Gasteiger charge is 2.31. The number of pyridine rings is 1. The molecule has 2 heterocycles. The molecular formula is C13H18N4O2. The number of carbonyl (C=O) groups excluding carboxylic acids is 2. The summed E-state index contributed by atoms with van der Waals surface area (Å²) in [7, 11) is 1.79. The van der Waals surface area contributed by atoms with E-state index in [0.29, 0.717) is 26.2 Å². The Hall–Kier alpha value is -2.11. The predicted molar refractivity (Wildman–Crippen MR) is 71.5 cm³/mol. The number of nitrogens with zero attached hydrogens (tertiary/aromatic N) is 3. The normalized spacial score (nSPS) is 15.9. The standard InChI is InChI=1S/C13H18N4O2/c1-3-16-6-7-17(13(19)12(16)18)9-10-4-5-15-11(8-10)14-2/h4-5,8H,3,6-7,9H2,1-2H3,(H,14,15). The van der Waals surface area contributed by atoms with Gasteiger partial charge >= 0.3 is 11.8 Å². The minimum Gasteiger partial charge on any atom is -0.373 e. The second-order valence-corrected chi connectivity index (χ2v) is 4.41. The predicted octanol–water partition coefficient (Wildman–Crippen LogP) is 0.314. The molecule has 0 atom stereocenters. The van der Waals surface area contributed by atoms with Crippen molar-refractivity contribution in [1.29, 1.82) is 0 Å². The van der Waals surface area contributed by atoms with E-state index in [9.17, 15) is 9.59 Å². The van der Waals surface area contributed by atoms with Crippen LogP contribution in [0.3, 0.4) is 0 Å². The number of anilines is 1. The number of hydrogen-bond acceptors (Lipinski definition) is 4. The zero-order valence-corrected chi connectivity index (χ0v) is 11.2. The van der Waals surface area contributed by atoms with E-state index in [1.54, 1.807) is 23.0 Å². The molecule has 1 N–H and O–H groups in total. The number of rotatable bonds is 4. The first kappa shape index (κ1) is 13.3. The molecular weight excluding hydrogens is 244 g/mol. The molecule has 0 radical (unpaired) electrons. The van der Waals surface area contributed by atoms with Crippen LogP contribution in [0.15, 0.2) is 18.3 Å². The minimum absolute atomic E-state index is 0.406. The SMILES string of the molecule is CCN1CCN(Cc2ccnc(NC)c2)C(=O)C1=O.